The van der Waals surface area contributed by atoms with Gasteiger partial charge >= 0.3 is 0 Å². The lowest BCUT2D eigenvalue weighted by molar-refractivity contribution is -0.113. The molecule has 32 heavy (non-hydrogen) atoms. The highest BCUT2D eigenvalue weighted by Gasteiger charge is 2.30. The smallest absolute Gasteiger partial charge is 0.271 e. The summed E-state index contributed by atoms with van der Waals surface area (Å²) in [5.41, 5.74) is 2.65. The van der Waals surface area contributed by atoms with Crippen molar-refractivity contribution in [2.24, 2.45) is 0 Å². The molecule has 0 aromatic heterocycles. The Balaban J connectivity index is 1.97. The van der Waals surface area contributed by atoms with E-state index in [1.165, 1.54) is 18.2 Å². The quantitative estimate of drug-likeness (QED) is 0.424. The highest BCUT2D eigenvalue weighted by Crippen LogP contribution is 2.28. The number of hydrogen-bond donors (Lipinski definition) is 0. The van der Waals surface area contributed by atoms with Gasteiger partial charge in [-0.2, -0.15) is 4.31 Å². The Kier molecular flexibility index (Phi) is 7.49. The van der Waals surface area contributed by atoms with Crippen molar-refractivity contribution in [1.82, 2.24) is 0 Å². The van der Waals surface area contributed by atoms with Crippen molar-refractivity contribution in [3.8, 4) is 5.75 Å². The molecule has 3 aromatic carbocycles. The van der Waals surface area contributed by atoms with Gasteiger partial charge in [-0.05, 0) is 73.4 Å². The number of hydrogen-bond acceptors (Lipinski definition) is 4. The Hall–Kier alpha value is -3.38. The molecular weight excluding hydrogens is 422 g/mol. The van der Waals surface area contributed by atoms with Crippen LogP contribution in [0.15, 0.2) is 83.8 Å². The Morgan fingerprint density at radius 3 is 2.31 bits per heavy atom. The number of aryl methyl sites for hydroxylation is 2. The number of anilines is 1. The Morgan fingerprint density at radius 1 is 0.969 bits per heavy atom. The molecule has 0 heterocycles. The van der Waals surface area contributed by atoms with Crippen molar-refractivity contribution in [3.63, 3.8) is 0 Å². The van der Waals surface area contributed by atoms with Gasteiger partial charge in [0, 0.05) is 6.08 Å². The fourth-order valence-corrected chi connectivity index (χ4v) is 4.60. The van der Waals surface area contributed by atoms with Crippen LogP contribution in [0.1, 0.15) is 30.0 Å². The minimum absolute atomic E-state index is 0.0556. The summed E-state index contributed by atoms with van der Waals surface area (Å²) in [5, 5.41) is 0. The van der Waals surface area contributed by atoms with Crippen LogP contribution < -0.4 is 9.04 Å². The molecule has 6 heteroatoms. The van der Waals surface area contributed by atoms with Gasteiger partial charge in [0.15, 0.2) is 0 Å². The van der Waals surface area contributed by atoms with Crippen LogP contribution >= 0.6 is 0 Å². The first-order valence-corrected chi connectivity index (χ1v) is 11.9. The van der Waals surface area contributed by atoms with Crippen molar-refractivity contribution in [3.05, 3.63) is 95.6 Å². The largest absolute Gasteiger partial charge is 0.494 e. The van der Waals surface area contributed by atoms with E-state index in [4.69, 9.17) is 4.74 Å². The highest BCUT2D eigenvalue weighted by molar-refractivity contribution is 7.93. The van der Waals surface area contributed by atoms with Crippen LogP contribution in [-0.2, 0) is 14.8 Å². The fourth-order valence-electron chi connectivity index (χ4n) is 3.13. The minimum Gasteiger partial charge on any atom is -0.494 e. The first-order chi connectivity index (χ1) is 15.3. The second kappa shape index (κ2) is 10.3. The Bertz CT molecular complexity index is 1200. The number of benzene rings is 3. The molecule has 0 spiro atoms. The van der Waals surface area contributed by atoms with E-state index in [9.17, 15) is 13.2 Å². The number of nitrogens with zero attached hydrogens (tertiary/aromatic N) is 1. The Labute approximate surface area is 190 Å². The van der Waals surface area contributed by atoms with Gasteiger partial charge in [-0.1, -0.05) is 49.4 Å². The highest BCUT2D eigenvalue weighted by atomic mass is 32.2. The molecule has 3 aromatic rings. The molecule has 0 fully saturated rings. The van der Waals surface area contributed by atoms with Crippen molar-refractivity contribution in [1.29, 1.82) is 0 Å². The zero-order chi connectivity index (χ0) is 23.1. The second-order valence-electron chi connectivity index (χ2n) is 7.46. The third kappa shape index (κ3) is 5.45. The van der Waals surface area contributed by atoms with Gasteiger partial charge in [-0.25, -0.2) is 8.42 Å². The van der Waals surface area contributed by atoms with Gasteiger partial charge in [0.05, 0.1) is 17.2 Å². The number of carbonyl (C=O) groups excluding carboxylic acids is 1. The van der Waals surface area contributed by atoms with Crippen LogP contribution in [0.4, 0.5) is 5.69 Å². The molecule has 1 amide bonds. The molecule has 0 saturated carbocycles. The number of rotatable bonds is 8. The van der Waals surface area contributed by atoms with Crippen LogP contribution in [0.2, 0.25) is 0 Å². The zero-order valence-corrected chi connectivity index (χ0v) is 19.3. The van der Waals surface area contributed by atoms with Crippen LogP contribution in [-0.4, -0.2) is 20.9 Å². The molecule has 0 aliphatic carbocycles. The van der Waals surface area contributed by atoms with E-state index in [-0.39, 0.29) is 4.90 Å². The molecule has 3 rings (SSSR count). The minimum atomic E-state index is -4.10. The van der Waals surface area contributed by atoms with Gasteiger partial charge in [-0.15, -0.1) is 0 Å². The zero-order valence-electron chi connectivity index (χ0n) is 18.5. The average Bonchev–Trinajstić information content (AvgIpc) is 2.80. The molecule has 0 unspecified atom stereocenters. The number of ether oxygens (including phenoxy) is 1. The number of amides is 1. The van der Waals surface area contributed by atoms with E-state index in [0.29, 0.717) is 17.9 Å². The third-order valence-electron chi connectivity index (χ3n) is 4.84. The predicted molar refractivity (Wildman–Crippen MR) is 128 cm³/mol. The summed E-state index contributed by atoms with van der Waals surface area (Å²) in [6.45, 7) is 6.32. The lowest BCUT2D eigenvalue weighted by atomic mass is 10.1. The fraction of sp³-hybridized carbons (Fsp3) is 0.192. The molecular formula is C26H27NO4S. The van der Waals surface area contributed by atoms with Crippen molar-refractivity contribution < 1.29 is 17.9 Å². The molecule has 0 saturated heterocycles. The maximum absolute atomic E-state index is 13.4. The molecule has 0 N–H and O–H groups in total. The molecule has 0 aliphatic rings. The van der Waals surface area contributed by atoms with Crippen LogP contribution in [0.25, 0.3) is 6.08 Å². The van der Waals surface area contributed by atoms with E-state index >= 15 is 0 Å². The van der Waals surface area contributed by atoms with Crippen molar-refractivity contribution >= 4 is 27.7 Å². The lowest BCUT2D eigenvalue weighted by Crippen LogP contribution is -2.36. The van der Waals surface area contributed by atoms with E-state index in [1.54, 1.807) is 37.3 Å². The van der Waals surface area contributed by atoms with Crippen molar-refractivity contribution in [2.45, 2.75) is 32.1 Å². The summed E-state index contributed by atoms with van der Waals surface area (Å²) in [6, 6.07) is 20.7. The molecule has 0 radical (unpaired) electrons. The van der Waals surface area contributed by atoms with Gasteiger partial charge < -0.3 is 4.74 Å². The predicted octanol–water partition coefficient (Wildman–Crippen LogP) is 5.53. The summed E-state index contributed by atoms with van der Waals surface area (Å²) >= 11 is 0. The van der Waals surface area contributed by atoms with Gasteiger partial charge in [0.25, 0.3) is 15.9 Å². The summed E-state index contributed by atoms with van der Waals surface area (Å²) in [6.07, 6.45) is 3.80. The second-order valence-corrected chi connectivity index (χ2v) is 9.25. The number of carbonyl (C=O) groups is 1. The molecule has 5 nitrogen and oxygen atoms in total. The topological polar surface area (TPSA) is 63.7 Å². The van der Waals surface area contributed by atoms with Gasteiger partial charge in [-0.3, -0.25) is 4.79 Å². The first kappa shape index (κ1) is 23.3. The maximum atomic E-state index is 13.4. The van der Waals surface area contributed by atoms with E-state index in [2.05, 4.69) is 0 Å². The maximum Gasteiger partial charge on any atom is 0.271 e. The lowest BCUT2D eigenvalue weighted by Gasteiger charge is -2.23. The Morgan fingerprint density at radius 2 is 1.66 bits per heavy atom. The van der Waals surface area contributed by atoms with Gasteiger partial charge in [0.2, 0.25) is 0 Å². The standard InChI is InChI=1S/C26H27NO4S/c1-4-18-31-23-15-12-22(13-16-23)14-17-26(28)27(25-19-20(2)10-11-21(25)3)32(29,30)24-8-6-5-7-9-24/h5-17,19H,4,18H2,1-3H3/b17-14+. The average molecular weight is 450 g/mol. The molecule has 166 valence electrons. The van der Waals surface area contributed by atoms with Crippen LogP contribution in [0.3, 0.4) is 0 Å². The van der Waals surface area contributed by atoms with Gasteiger partial charge in [0.1, 0.15) is 5.75 Å². The van der Waals surface area contributed by atoms with Crippen molar-refractivity contribution in [2.75, 3.05) is 10.9 Å². The summed E-state index contributed by atoms with van der Waals surface area (Å²) in [5.74, 6) is 0.104. The summed E-state index contributed by atoms with van der Waals surface area (Å²) in [4.78, 5) is 13.3. The summed E-state index contributed by atoms with van der Waals surface area (Å²) < 4.78 is 33.3. The number of sulfonamides is 1. The monoisotopic (exact) mass is 449 g/mol. The SMILES string of the molecule is CCCOc1ccc(/C=C/C(=O)N(c2cc(C)ccc2C)S(=O)(=O)c2ccccc2)cc1. The molecule has 0 aliphatic heterocycles. The third-order valence-corrected chi connectivity index (χ3v) is 6.56. The van der Waals surface area contributed by atoms with Crippen LogP contribution in [0.5, 0.6) is 5.75 Å². The first-order valence-electron chi connectivity index (χ1n) is 10.5. The van der Waals surface area contributed by atoms with E-state index < -0.39 is 15.9 Å². The normalized spacial score (nSPS) is 11.5. The summed E-state index contributed by atoms with van der Waals surface area (Å²) in [7, 11) is -4.10. The van der Waals surface area contributed by atoms with Crippen LogP contribution in [0, 0.1) is 13.8 Å². The van der Waals surface area contributed by atoms with E-state index in [1.807, 2.05) is 50.2 Å². The van der Waals surface area contributed by atoms with E-state index in [0.717, 1.165) is 27.6 Å². The molecule has 0 bridgehead atoms. The molecule has 0 atom stereocenters.